The van der Waals surface area contributed by atoms with Crippen molar-refractivity contribution in [3.63, 3.8) is 0 Å². The number of methoxy groups -OCH3 is 1. The summed E-state index contributed by atoms with van der Waals surface area (Å²) in [6.07, 6.45) is 25.7. The van der Waals surface area contributed by atoms with E-state index in [2.05, 4.69) is 43.9 Å². The first-order chi connectivity index (χ1) is 23.0. The standard InChI is InChI=1S/C39H66N2O4S2/c1-5-8-11-12-13-14-15-16-17-18-19-20-21-22-23-24-26-32(38(44)45-4)33(37(42)43)31-46-39-40-36-34(27-25-28-35(36)47-39)41(29-9-6-2)30-10-7-3/h25,27-28,32-33H,5-24,26,29-31H2,1-4H3,(H,42,43). The number of carbonyl (C=O) groups is 2. The maximum Gasteiger partial charge on any atom is 0.309 e. The van der Waals surface area contributed by atoms with Crippen LogP contribution in [-0.4, -0.2) is 48.0 Å². The minimum Gasteiger partial charge on any atom is -0.481 e. The molecule has 2 aromatic rings. The minimum atomic E-state index is -0.934. The van der Waals surface area contributed by atoms with Gasteiger partial charge in [-0.2, -0.15) is 0 Å². The molecule has 1 aromatic heterocycles. The van der Waals surface area contributed by atoms with Gasteiger partial charge in [0.15, 0.2) is 4.34 Å². The summed E-state index contributed by atoms with van der Waals surface area (Å²) < 4.78 is 7.07. The molecule has 1 N–H and O–H groups in total. The molecule has 6 nitrogen and oxygen atoms in total. The molecule has 0 amide bonds. The van der Waals surface area contributed by atoms with Crippen LogP contribution in [0.15, 0.2) is 22.5 Å². The number of thioether (sulfide) groups is 1. The van der Waals surface area contributed by atoms with Gasteiger partial charge in [0.2, 0.25) is 0 Å². The van der Waals surface area contributed by atoms with Crippen LogP contribution in [0.5, 0.6) is 0 Å². The van der Waals surface area contributed by atoms with Crippen molar-refractivity contribution in [2.75, 3.05) is 30.9 Å². The number of carboxylic acid groups (broad SMARTS) is 1. The number of nitrogens with zero attached hydrogens (tertiary/aromatic N) is 2. The summed E-state index contributed by atoms with van der Waals surface area (Å²) in [7, 11) is 1.37. The highest BCUT2D eigenvalue weighted by atomic mass is 32.2. The number of ether oxygens (including phenoxy) is 1. The average molecular weight is 691 g/mol. The number of aromatic nitrogens is 1. The second-order valence-electron chi connectivity index (χ2n) is 13.3. The van der Waals surface area contributed by atoms with Gasteiger partial charge in [-0.05, 0) is 31.4 Å². The first kappa shape index (κ1) is 41.4. The first-order valence-corrected chi connectivity index (χ1v) is 20.8. The summed E-state index contributed by atoms with van der Waals surface area (Å²) in [5.41, 5.74) is 2.16. The second kappa shape index (κ2) is 26.1. The average Bonchev–Trinajstić information content (AvgIpc) is 3.50. The van der Waals surface area contributed by atoms with Crippen molar-refractivity contribution >= 4 is 50.9 Å². The summed E-state index contributed by atoms with van der Waals surface area (Å²) in [4.78, 5) is 32.6. The molecule has 0 bridgehead atoms. The fourth-order valence-electron chi connectivity index (χ4n) is 6.35. The van der Waals surface area contributed by atoms with Gasteiger partial charge >= 0.3 is 11.9 Å². The summed E-state index contributed by atoms with van der Waals surface area (Å²) >= 11 is 3.07. The Morgan fingerprint density at radius 2 is 1.28 bits per heavy atom. The molecule has 1 aromatic carbocycles. The van der Waals surface area contributed by atoms with Crippen LogP contribution in [0, 0.1) is 11.8 Å². The monoisotopic (exact) mass is 690 g/mol. The van der Waals surface area contributed by atoms with E-state index in [0.717, 1.165) is 72.6 Å². The van der Waals surface area contributed by atoms with E-state index in [0.29, 0.717) is 12.2 Å². The molecule has 2 rings (SSSR count). The Bertz CT molecular complexity index is 1100. The van der Waals surface area contributed by atoms with Gasteiger partial charge in [0.25, 0.3) is 0 Å². The molecule has 2 atom stereocenters. The molecular formula is C39H66N2O4S2. The Balaban J connectivity index is 1.80. The van der Waals surface area contributed by atoms with Crippen molar-refractivity contribution in [2.24, 2.45) is 11.8 Å². The predicted molar refractivity (Wildman–Crippen MR) is 203 cm³/mol. The van der Waals surface area contributed by atoms with Crippen LogP contribution in [0.25, 0.3) is 10.2 Å². The van der Waals surface area contributed by atoms with Gasteiger partial charge in [-0.25, -0.2) is 4.98 Å². The van der Waals surface area contributed by atoms with Crippen molar-refractivity contribution in [1.82, 2.24) is 4.98 Å². The van der Waals surface area contributed by atoms with Gasteiger partial charge in [0.05, 0.1) is 29.3 Å². The Morgan fingerprint density at radius 1 is 0.766 bits per heavy atom. The molecule has 47 heavy (non-hydrogen) atoms. The molecular weight excluding hydrogens is 625 g/mol. The van der Waals surface area contributed by atoms with E-state index >= 15 is 0 Å². The van der Waals surface area contributed by atoms with Gasteiger partial charge in [-0.1, -0.05) is 154 Å². The normalized spacial score (nSPS) is 12.8. The molecule has 0 aliphatic heterocycles. The predicted octanol–water partition coefficient (Wildman–Crippen LogP) is 11.9. The number of hydrogen-bond donors (Lipinski definition) is 1. The van der Waals surface area contributed by atoms with Crippen LogP contribution in [0.1, 0.15) is 156 Å². The molecule has 0 fully saturated rings. The van der Waals surface area contributed by atoms with Gasteiger partial charge in [0.1, 0.15) is 5.52 Å². The number of hydrogen-bond acceptors (Lipinski definition) is 7. The molecule has 0 aliphatic carbocycles. The number of unbranched alkanes of at least 4 members (excludes halogenated alkanes) is 17. The molecule has 0 spiro atoms. The lowest BCUT2D eigenvalue weighted by Gasteiger charge is -2.25. The largest absolute Gasteiger partial charge is 0.481 e. The first-order valence-electron chi connectivity index (χ1n) is 19.0. The minimum absolute atomic E-state index is 0.304. The number of fused-ring (bicyclic) bond motifs is 1. The van der Waals surface area contributed by atoms with Gasteiger partial charge in [0, 0.05) is 18.8 Å². The van der Waals surface area contributed by atoms with Crippen molar-refractivity contribution in [2.45, 2.75) is 160 Å². The second-order valence-corrected chi connectivity index (χ2v) is 15.6. The topological polar surface area (TPSA) is 79.7 Å². The number of aliphatic carboxylic acids is 1. The zero-order valence-electron chi connectivity index (χ0n) is 30.2. The highest BCUT2D eigenvalue weighted by molar-refractivity contribution is 8.01. The van der Waals surface area contributed by atoms with Gasteiger partial charge in [-0.15, -0.1) is 11.3 Å². The highest BCUT2D eigenvalue weighted by Gasteiger charge is 2.34. The SMILES string of the molecule is CCCCCCCCCCCCCCCCCCC(C(=O)OC)C(CSc1nc2c(N(CCCC)CCCC)cccc2s1)C(=O)O. The number of rotatable bonds is 30. The van der Waals surface area contributed by atoms with Crippen molar-refractivity contribution < 1.29 is 19.4 Å². The summed E-state index contributed by atoms with van der Waals surface area (Å²) in [5.74, 6) is -2.48. The smallest absolute Gasteiger partial charge is 0.309 e. The van der Waals surface area contributed by atoms with E-state index in [1.807, 2.05) is 0 Å². The number of anilines is 1. The molecule has 0 aliphatic rings. The Morgan fingerprint density at radius 3 is 1.77 bits per heavy atom. The highest BCUT2D eigenvalue weighted by Crippen LogP contribution is 2.37. The number of thiazole rings is 1. The summed E-state index contributed by atoms with van der Waals surface area (Å²) in [6.45, 7) is 8.73. The van der Waals surface area contributed by atoms with Crippen LogP contribution < -0.4 is 4.90 Å². The maximum absolute atomic E-state index is 12.8. The van der Waals surface area contributed by atoms with Crippen LogP contribution in [0.3, 0.4) is 0 Å². The van der Waals surface area contributed by atoms with Crippen LogP contribution in [-0.2, 0) is 14.3 Å². The third-order valence-electron chi connectivity index (χ3n) is 9.34. The molecule has 0 saturated heterocycles. The van der Waals surface area contributed by atoms with Crippen LogP contribution in [0.2, 0.25) is 0 Å². The number of carboxylic acids is 1. The van der Waals surface area contributed by atoms with E-state index in [4.69, 9.17) is 9.72 Å². The summed E-state index contributed by atoms with van der Waals surface area (Å²) in [5, 5.41) is 10.2. The zero-order chi connectivity index (χ0) is 34.1. The maximum atomic E-state index is 12.8. The van der Waals surface area contributed by atoms with Crippen molar-refractivity contribution in [3.05, 3.63) is 18.2 Å². The zero-order valence-corrected chi connectivity index (χ0v) is 31.9. The molecule has 1 heterocycles. The quantitative estimate of drug-likeness (QED) is 0.0496. The van der Waals surface area contributed by atoms with Crippen LogP contribution in [0.4, 0.5) is 5.69 Å². The number of esters is 1. The van der Waals surface area contributed by atoms with Crippen LogP contribution >= 0.6 is 23.1 Å². The molecule has 268 valence electrons. The Labute approximate surface area is 295 Å². The van der Waals surface area contributed by atoms with E-state index in [1.165, 1.54) is 108 Å². The van der Waals surface area contributed by atoms with E-state index in [-0.39, 0.29) is 0 Å². The molecule has 8 heteroatoms. The number of carbonyl (C=O) groups excluding carboxylic acids is 1. The third kappa shape index (κ3) is 16.4. The molecule has 0 saturated carbocycles. The fourth-order valence-corrected chi connectivity index (χ4v) is 8.63. The number of benzene rings is 1. The van der Waals surface area contributed by atoms with Gasteiger partial charge < -0.3 is 14.7 Å². The lowest BCUT2D eigenvalue weighted by Crippen LogP contribution is -2.32. The van der Waals surface area contributed by atoms with Gasteiger partial charge in [-0.3, -0.25) is 9.59 Å². The molecule has 2 unspecified atom stereocenters. The molecule has 0 radical (unpaired) electrons. The fraction of sp³-hybridized carbons (Fsp3) is 0.769. The Hall–Kier alpha value is -1.80. The van der Waals surface area contributed by atoms with E-state index < -0.39 is 23.8 Å². The van der Waals surface area contributed by atoms with E-state index in [9.17, 15) is 14.7 Å². The van der Waals surface area contributed by atoms with Crippen molar-refractivity contribution in [1.29, 1.82) is 0 Å². The third-order valence-corrected chi connectivity index (χ3v) is 11.6. The lowest BCUT2D eigenvalue weighted by molar-refractivity contribution is -0.155. The number of para-hydroxylation sites is 1. The summed E-state index contributed by atoms with van der Waals surface area (Å²) in [6, 6.07) is 6.36. The Kier molecular flexibility index (Phi) is 23.0. The lowest BCUT2D eigenvalue weighted by atomic mass is 9.88. The van der Waals surface area contributed by atoms with Crippen molar-refractivity contribution in [3.8, 4) is 0 Å². The van der Waals surface area contributed by atoms with E-state index in [1.54, 1.807) is 11.3 Å².